The van der Waals surface area contributed by atoms with Crippen LogP contribution in [-0.4, -0.2) is 54.3 Å². The van der Waals surface area contributed by atoms with E-state index in [4.69, 9.17) is 4.74 Å². The van der Waals surface area contributed by atoms with Crippen LogP contribution < -0.4 is 10.1 Å². The number of likely N-dealkylation sites (tertiary alicyclic amines) is 1. The van der Waals surface area contributed by atoms with Crippen molar-refractivity contribution >= 4 is 11.8 Å². The van der Waals surface area contributed by atoms with E-state index in [1.807, 2.05) is 56.3 Å². The predicted octanol–water partition coefficient (Wildman–Crippen LogP) is 6.30. The number of nitrogens with one attached hydrogen (secondary N) is 1. The van der Waals surface area contributed by atoms with Crippen molar-refractivity contribution in [2.75, 3.05) is 26.2 Å². The van der Waals surface area contributed by atoms with Crippen LogP contribution in [0.15, 0.2) is 66.7 Å². The van der Waals surface area contributed by atoms with E-state index >= 15 is 0 Å². The van der Waals surface area contributed by atoms with Crippen LogP contribution in [-0.2, 0) is 16.9 Å². The molecule has 2 amide bonds. The van der Waals surface area contributed by atoms with Crippen molar-refractivity contribution < 1.29 is 27.5 Å². The van der Waals surface area contributed by atoms with Crippen molar-refractivity contribution in [2.45, 2.75) is 51.2 Å². The molecule has 216 valence electrons. The normalized spacial score (nSPS) is 17.7. The molecule has 0 aliphatic carbocycles. The summed E-state index contributed by atoms with van der Waals surface area (Å²) >= 11 is 0. The van der Waals surface area contributed by atoms with Gasteiger partial charge in [0.25, 0.3) is 6.43 Å². The standard InChI is InChI=1S/C32H34F3N3O3/c1-32(2,36-19-30(34)35)25-9-6-21(7-10-25)22-8-11-29-24(16-22)20-37(14-15-41-29)31(40)38-13-12-27(39)18-28(38)23-4-3-5-26(33)17-23/h3-11,16-17,28,30,36H,12-15,18-20H2,1-2H3. The number of piperidine rings is 1. The number of hydrogen-bond donors (Lipinski definition) is 1. The summed E-state index contributed by atoms with van der Waals surface area (Å²) in [6, 6.07) is 19.0. The van der Waals surface area contributed by atoms with Gasteiger partial charge in [-0.3, -0.25) is 4.79 Å². The number of hydrogen-bond acceptors (Lipinski definition) is 4. The Hall–Kier alpha value is -3.85. The first-order chi connectivity index (χ1) is 19.6. The summed E-state index contributed by atoms with van der Waals surface area (Å²) in [4.78, 5) is 29.5. The van der Waals surface area contributed by atoms with Crippen molar-refractivity contribution in [1.29, 1.82) is 0 Å². The van der Waals surface area contributed by atoms with Crippen LogP contribution >= 0.6 is 0 Å². The first-order valence-corrected chi connectivity index (χ1v) is 13.8. The lowest BCUT2D eigenvalue weighted by atomic mass is 9.92. The molecule has 3 aromatic carbocycles. The van der Waals surface area contributed by atoms with E-state index in [0.29, 0.717) is 31.0 Å². The van der Waals surface area contributed by atoms with Gasteiger partial charge < -0.3 is 19.9 Å². The van der Waals surface area contributed by atoms with E-state index in [0.717, 1.165) is 22.3 Å². The summed E-state index contributed by atoms with van der Waals surface area (Å²) < 4.78 is 45.4. The number of rotatable bonds is 6. The monoisotopic (exact) mass is 565 g/mol. The Morgan fingerprint density at radius 2 is 1.80 bits per heavy atom. The number of Topliss-reactive ketones (excluding diaryl/α,β-unsaturated/α-hetero) is 1. The number of ether oxygens (including phenoxy) is 1. The maximum atomic E-state index is 14.0. The Labute approximate surface area is 238 Å². The average Bonchev–Trinajstić information content (AvgIpc) is 3.18. The van der Waals surface area contributed by atoms with Gasteiger partial charge in [0.2, 0.25) is 0 Å². The van der Waals surface area contributed by atoms with Gasteiger partial charge in [-0.25, -0.2) is 18.0 Å². The summed E-state index contributed by atoms with van der Waals surface area (Å²) in [5, 5.41) is 2.90. The molecule has 0 spiro atoms. The molecule has 41 heavy (non-hydrogen) atoms. The maximum Gasteiger partial charge on any atom is 0.320 e. The van der Waals surface area contributed by atoms with Gasteiger partial charge in [-0.1, -0.05) is 42.5 Å². The minimum atomic E-state index is -2.42. The fraction of sp³-hybridized carbons (Fsp3) is 0.375. The first kappa shape index (κ1) is 28.7. The van der Waals surface area contributed by atoms with Crippen LogP contribution in [0.25, 0.3) is 11.1 Å². The van der Waals surface area contributed by atoms with Crippen LogP contribution in [0.2, 0.25) is 0 Å². The fourth-order valence-corrected chi connectivity index (χ4v) is 5.50. The van der Waals surface area contributed by atoms with Gasteiger partial charge in [0.15, 0.2) is 0 Å². The molecule has 2 aliphatic rings. The summed E-state index contributed by atoms with van der Waals surface area (Å²) in [5.41, 5.74) is 3.63. The van der Waals surface area contributed by atoms with E-state index in [9.17, 15) is 22.8 Å². The number of nitrogens with zero attached hydrogens (tertiary/aromatic N) is 2. The number of fused-ring (bicyclic) bond motifs is 1. The minimum Gasteiger partial charge on any atom is -0.491 e. The van der Waals surface area contributed by atoms with Crippen molar-refractivity contribution in [3.63, 3.8) is 0 Å². The van der Waals surface area contributed by atoms with Gasteiger partial charge in [-0.05, 0) is 60.4 Å². The predicted molar refractivity (Wildman–Crippen MR) is 150 cm³/mol. The van der Waals surface area contributed by atoms with Crippen molar-refractivity contribution in [2.24, 2.45) is 0 Å². The number of halogens is 3. The maximum absolute atomic E-state index is 14.0. The SMILES string of the molecule is CC(C)(NCC(F)F)c1ccc(-c2ccc3c(c2)CN(C(=O)N2CCC(=O)CC2c2cccc(F)c2)CCO3)cc1. The largest absolute Gasteiger partial charge is 0.491 e. The Kier molecular flexibility index (Phi) is 8.35. The summed E-state index contributed by atoms with van der Waals surface area (Å²) in [6.07, 6.45) is -2.00. The third kappa shape index (κ3) is 6.56. The second-order valence-corrected chi connectivity index (χ2v) is 11.1. The lowest BCUT2D eigenvalue weighted by Gasteiger charge is -2.38. The summed E-state index contributed by atoms with van der Waals surface area (Å²) in [6.45, 7) is 4.65. The molecule has 2 heterocycles. The Bertz CT molecular complexity index is 1410. The average molecular weight is 566 g/mol. The van der Waals surface area contributed by atoms with E-state index in [-0.39, 0.29) is 37.7 Å². The van der Waals surface area contributed by atoms with E-state index in [2.05, 4.69) is 5.32 Å². The summed E-state index contributed by atoms with van der Waals surface area (Å²) in [7, 11) is 0. The number of carbonyl (C=O) groups is 2. The van der Waals surface area contributed by atoms with Crippen LogP contribution in [0.5, 0.6) is 5.75 Å². The third-order valence-electron chi connectivity index (χ3n) is 7.86. The van der Waals surface area contributed by atoms with E-state index in [1.165, 1.54) is 12.1 Å². The molecule has 5 rings (SSSR count). The van der Waals surface area contributed by atoms with E-state index < -0.39 is 23.8 Å². The highest BCUT2D eigenvalue weighted by Crippen LogP contribution is 2.34. The molecule has 0 bridgehead atoms. The molecule has 0 radical (unpaired) electrons. The van der Waals surface area contributed by atoms with Gasteiger partial charge in [-0.15, -0.1) is 0 Å². The first-order valence-electron chi connectivity index (χ1n) is 13.8. The zero-order chi connectivity index (χ0) is 29.1. The zero-order valence-electron chi connectivity index (χ0n) is 23.2. The van der Waals surface area contributed by atoms with Crippen molar-refractivity contribution in [3.8, 4) is 16.9 Å². The van der Waals surface area contributed by atoms with Gasteiger partial charge in [0, 0.05) is 30.5 Å². The van der Waals surface area contributed by atoms with Crippen molar-refractivity contribution in [3.05, 3.63) is 89.2 Å². The van der Waals surface area contributed by atoms with Gasteiger partial charge >= 0.3 is 6.03 Å². The number of benzene rings is 3. The number of ketones is 1. The molecule has 9 heteroatoms. The summed E-state index contributed by atoms with van der Waals surface area (Å²) in [5.74, 6) is 0.351. The molecule has 1 saturated heterocycles. The van der Waals surface area contributed by atoms with Gasteiger partial charge in [0.05, 0.1) is 25.7 Å². The molecule has 0 saturated carbocycles. The van der Waals surface area contributed by atoms with E-state index in [1.54, 1.807) is 21.9 Å². The van der Waals surface area contributed by atoms with Gasteiger partial charge in [-0.2, -0.15) is 0 Å². The molecule has 1 unspecified atom stereocenters. The Morgan fingerprint density at radius 3 is 2.54 bits per heavy atom. The molecule has 0 aromatic heterocycles. The molecule has 1 N–H and O–H groups in total. The van der Waals surface area contributed by atoms with Crippen LogP contribution in [0.3, 0.4) is 0 Å². The molecule has 6 nitrogen and oxygen atoms in total. The Morgan fingerprint density at radius 1 is 1.05 bits per heavy atom. The molecule has 2 aliphatic heterocycles. The Balaban J connectivity index is 1.35. The number of urea groups is 1. The third-order valence-corrected chi connectivity index (χ3v) is 7.86. The van der Waals surface area contributed by atoms with Crippen LogP contribution in [0, 0.1) is 5.82 Å². The van der Waals surface area contributed by atoms with Gasteiger partial charge in [0.1, 0.15) is 24.0 Å². The molecule has 3 aromatic rings. The quantitative estimate of drug-likeness (QED) is 0.381. The molecular weight excluding hydrogens is 531 g/mol. The number of carbonyl (C=O) groups excluding carboxylic acids is 2. The second kappa shape index (κ2) is 11.9. The smallest absolute Gasteiger partial charge is 0.320 e. The number of alkyl halides is 2. The highest BCUT2D eigenvalue weighted by molar-refractivity contribution is 5.84. The lowest BCUT2D eigenvalue weighted by Crippen LogP contribution is -2.48. The lowest BCUT2D eigenvalue weighted by molar-refractivity contribution is -0.122. The molecular formula is C32H34F3N3O3. The highest BCUT2D eigenvalue weighted by Gasteiger charge is 2.35. The van der Waals surface area contributed by atoms with Crippen LogP contribution in [0.1, 0.15) is 49.4 Å². The minimum absolute atomic E-state index is 0.0525. The number of amides is 2. The zero-order valence-corrected chi connectivity index (χ0v) is 23.2. The van der Waals surface area contributed by atoms with Crippen LogP contribution in [0.4, 0.5) is 18.0 Å². The van der Waals surface area contributed by atoms with Crippen molar-refractivity contribution in [1.82, 2.24) is 15.1 Å². The second-order valence-electron chi connectivity index (χ2n) is 11.1. The highest BCUT2D eigenvalue weighted by atomic mass is 19.3. The topological polar surface area (TPSA) is 61.9 Å². The molecule has 1 fully saturated rings. The fourth-order valence-electron chi connectivity index (χ4n) is 5.50. The molecule has 1 atom stereocenters.